The highest BCUT2D eigenvalue weighted by Crippen LogP contribution is 2.58. The molecule has 536 valence electrons. The van der Waals surface area contributed by atoms with E-state index in [2.05, 4.69) is 10.6 Å². The highest BCUT2D eigenvalue weighted by atomic mass is 28.4. The number of fused-ring (bicyclic) bond motifs is 2. The number of benzene rings is 9. The van der Waals surface area contributed by atoms with Crippen molar-refractivity contribution in [1.82, 2.24) is 20.4 Å². The van der Waals surface area contributed by atoms with Gasteiger partial charge in [0, 0.05) is 98.8 Å². The van der Waals surface area contributed by atoms with Crippen LogP contribution in [0, 0.1) is 55.4 Å². The molecule has 0 radical (unpaired) electrons. The van der Waals surface area contributed by atoms with E-state index in [4.69, 9.17) is 55.0 Å². The first-order valence-corrected chi connectivity index (χ1v) is 37.9. The van der Waals surface area contributed by atoms with E-state index >= 15 is 19.2 Å². The van der Waals surface area contributed by atoms with Gasteiger partial charge in [0.1, 0.15) is 70.5 Å². The maximum absolute atomic E-state index is 16.2. The Morgan fingerprint density at radius 3 is 0.804 bits per heavy atom. The van der Waals surface area contributed by atoms with Crippen LogP contribution in [-0.4, -0.2) is 156 Å². The van der Waals surface area contributed by atoms with Gasteiger partial charge in [0.15, 0.2) is 0 Å². The smallest absolute Gasteiger partial charge is 0.457 e. The predicted molar refractivity (Wildman–Crippen MR) is 391 cm³/mol. The zero-order chi connectivity index (χ0) is 73.2. The van der Waals surface area contributed by atoms with E-state index in [1.54, 1.807) is 24.3 Å². The van der Waals surface area contributed by atoms with Crippen molar-refractivity contribution >= 4 is 96.1 Å². The van der Waals surface area contributed by atoms with Crippen LogP contribution in [0.5, 0.6) is 46.0 Å². The van der Waals surface area contributed by atoms with Crippen molar-refractivity contribution in [3.8, 4) is 46.0 Å². The number of nitrogens with one attached hydrogen (secondary N) is 2. The predicted octanol–water partition coefficient (Wildman–Crippen LogP) is 14.0. The fraction of sp³-hybridized carbons (Fsp3) is 0.359. The van der Waals surface area contributed by atoms with Crippen LogP contribution in [0.4, 0.5) is 0 Å². The average molecular weight is 1430 g/mol. The van der Waals surface area contributed by atoms with Crippen molar-refractivity contribution < 1.29 is 83.7 Å². The number of ether oxygens (including phenoxy) is 6. The lowest BCUT2D eigenvalue weighted by molar-refractivity contribution is -0.126. The lowest BCUT2D eigenvalue weighted by atomic mass is 9.80. The van der Waals surface area contributed by atoms with Crippen LogP contribution in [-0.2, 0) is 45.6 Å². The molecule has 0 bridgehead atoms. The van der Waals surface area contributed by atoms with E-state index in [1.165, 1.54) is 42.7 Å². The number of nitrogens with zero attached hydrogens (tertiary/aromatic N) is 2. The van der Waals surface area contributed by atoms with Gasteiger partial charge in [-0.1, -0.05) is 51.0 Å². The minimum Gasteiger partial charge on any atom is -0.457 e. The molecule has 9 aromatic rings. The summed E-state index contributed by atoms with van der Waals surface area (Å²) in [4.78, 5) is 96.7. The summed E-state index contributed by atoms with van der Waals surface area (Å²) in [6.45, 7) is 19.2. The molecule has 2 atom stereocenters. The fourth-order valence-electron chi connectivity index (χ4n) is 14.2. The third-order valence-electron chi connectivity index (χ3n) is 18.5. The minimum atomic E-state index is -3.14. The molecule has 2 N–H and O–H groups in total. The monoisotopic (exact) mass is 1420 g/mol. The van der Waals surface area contributed by atoms with E-state index in [0.717, 1.165) is 54.3 Å². The van der Waals surface area contributed by atoms with Crippen molar-refractivity contribution in [2.24, 2.45) is 0 Å². The molecule has 2 unspecified atom stereocenters. The van der Waals surface area contributed by atoms with Crippen molar-refractivity contribution in [3.05, 3.63) is 164 Å². The minimum absolute atomic E-state index is 0.00574. The summed E-state index contributed by atoms with van der Waals surface area (Å²) in [6.07, 6.45) is 0.932. The number of hydrogen-bond donors (Lipinski definition) is 2. The second-order valence-corrected chi connectivity index (χ2v) is 32.0. The Balaban J connectivity index is 1.24. The van der Waals surface area contributed by atoms with Gasteiger partial charge in [-0.15, -0.1) is 0 Å². The lowest BCUT2D eigenvalue weighted by Gasteiger charge is -2.36. The van der Waals surface area contributed by atoms with Crippen molar-refractivity contribution in [3.63, 3.8) is 0 Å². The molecule has 0 spiro atoms. The largest absolute Gasteiger partial charge is 0.527 e. The number of carbonyl (C=O) groups excluding carboxylic acids is 6. The first-order valence-electron chi connectivity index (χ1n) is 34.1. The highest BCUT2D eigenvalue weighted by molar-refractivity contribution is 6.60. The summed E-state index contributed by atoms with van der Waals surface area (Å²) in [5, 5.41) is 8.03. The van der Waals surface area contributed by atoms with E-state index < -0.39 is 65.1 Å². The molecule has 0 saturated carbocycles. The van der Waals surface area contributed by atoms with Gasteiger partial charge in [-0.05, 0) is 186 Å². The molecule has 0 fully saturated rings. The van der Waals surface area contributed by atoms with Crippen molar-refractivity contribution in [2.75, 3.05) is 81.4 Å². The Morgan fingerprint density at radius 1 is 0.353 bits per heavy atom. The van der Waals surface area contributed by atoms with Gasteiger partial charge in [-0.3, -0.25) is 38.6 Å². The van der Waals surface area contributed by atoms with Crippen LogP contribution in [0.25, 0.3) is 43.1 Å². The second-order valence-electron chi connectivity index (χ2n) is 26.2. The number of aryl methyl sites for hydroxylation is 8. The topological polar surface area (TPSA) is 244 Å². The summed E-state index contributed by atoms with van der Waals surface area (Å²) < 4.78 is 74.1. The first kappa shape index (κ1) is 74.0. The summed E-state index contributed by atoms with van der Waals surface area (Å²) in [5.74, 6) is -2.39. The quantitative estimate of drug-likeness (QED) is 0.0131. The van der Waals surface area contributed by atoms with Crippen LogP contribution in [0.3, 0.4) is 0 Å². The SMILES string of the molecule is CCCC(C(=O)NCCOC[Si](OC)(OC)OC)N1C(=O)c2cc(Oc3cc(C)cc(C)c3)c3c4c(Oc5cc(C)cc(C)c5)cc5c6c(cc(Oc7cc(C)cc(C)c7)c(c7c(Oc8cc(C)cc(C)c8)cc(c2c37)C1=O)c64)C(=O)N(C(CCC)C(=O)NCCOC[Si](OC)(OC)OC)C5=O. The zero-order valence-corrected chi connectivity index (χ0v) is 62.7. The van der Waals surface area contributed by atoms with Crippen LogP contribution in [0.15, 0.2) is 97.1 Å². The van der Waals surface area contributed by atoms with Crippen LogP contribution >= 0.6 is 0 Å². The molecular formula is C78H88N4O18Si2. The Hall–Kier alpha value is -9.19. The molecule has 22 nitrogen and oxygen atoms in total. The average Bonchev–Trinajstić information content (AvgIpc) is 0.662. The van der Waals surface area contributed by atoms with E-state index in [-0.39, 0.29) is 108 Å². The Bertz CT molecular complexity index is 4150. The Morgan fingerprint density at radius 2 is 0.588 bits per heavy atom. The van der Waals surface area contributed by atoms with Gasteiger partial charge in [-0.25, -0.2) is 0 Å². The summed E-state index contributed by atoms with van der Waals surface area (Å²) in [7, 11) is 2.52. The van der Waals surface area contributed by atoms with Crippen molar-refractivity contribution in [2.45, 2.75) is 107 Å². The Kier molecular flexibility index (Phi) is 22.3. The molecule has 24 heteroatoms. The Labute approximate surface area is 595 Å². The maximum atomic E-state index is 16.2. The van der Waals surface area contributed by atoms with Crippen LogP contribution in [0.2, 0.25) is 0 Å². The molecule has 9 aromatic carbocycles. The molecule has 11 rings (SSSR count). The second kappa shape index (κ2) is 30.8. The molecule has 0 saturated heterocycles. The van der Waals surface area contributed by atoms with Gasteiger partial charge in [0.25, 0.3) is 23.6 Å². The van der Waals surface area contributed by atoms with Crippen LogP contribution in [0.1, 0.15) is 125 Å². The van der Waals surface area contributed by atoms with Crippen LogP contribution < -0.4 is 29.6 Å². The third kappa shape index (κ3) is 14.5. The standard InChI is InChI=1S/C78H88N4O18Si2/c1-17-19-59(73(83)79-21-23-95-41-101(89-11,90-12)91-13)81-75(85)55-37-61(97-51-29-43(3)25-44(4)30-51)67-69-63(99-53-33-47(7)27-48(8)34-53)39-57-66-58(78(88)82(77(57)87)60(20-18-2)74(84)80-22-24-96-42-102(92-14,93-15)94-16)40-64(100-54-35-49(9)28-50(10)36-54)70(72(66)69)68-62(38-56(76(81)86)65(55)71(67)68)98-52-31-45(5)26-46(6)32-52/h25-40,59-60H,17-24,41-42H2,1-16H3,(H,79,83)(H,80,84). The molecule has 6 amide bonds. The van der Waals surface area contributed by atoms with E-state index in [9.17, 15) is 9.59 Å². The molecule has 0 aliphatic carbocycles. The number of carbonyl (C=O) groups is 6. The third-order valence-corrected chi connectivity index (χ3v) is 23.4. The summed E-state index contributed by atoms with van der Waals surface area (Å²) in [5.41, 5.74) is 6.97. The van der Waals surface area contributed by atoms with Gasteiger partial charge in [-0.2, -0.15) is 0 Å². The normalized spacial score (nSPS) is 13.8. The fourth-order valence-corrected chi connectivity index (χ4v) is 16.7. The van der Waals surface area contributed by atoms with Crippen molar-refractivity contribution in [1.29, 1.82) is 0 Å². The zero-order valence-electron chi connectivity index (χ0n) is 60.7. The highest BCUT2D eigenvalue weighted by Gasteiger charge is 2.47. The van der Waals surface area contributed by atoms with Gasteiger partial charge >= 0.3 is 17.6 Å². The lowest BCUT2D eigenvalue weighted by Crippen LogP contribution is -2.54. The molecule has 2 aliphatic heterocycles. The summed E-state index contributed by atoms with van der Waals surface area (Å²) in [6, 6.07) is 26.6. The molecular weight excluding hydrogens is 1340 g/mol. The number of imide groups is 2. The molecule has 102 heavy (non-hydrogen) atoms. The number of amides is 6. The first-order chi connectivity index (χ1) is 48.9. The van der Waals surface area contributed by atoms with E-state index in [1.807, 2.05) is 142 Å². The molecule has 2 heterocycles. The molecule has 2 aliphatic rings. The number of rotatable bonds is 32. The number of hydrogen-bond acceptors (Lipinski definition) is 18. The molecule has 0 aromatic heterocycles. The van der Waals surface area contributed by atoms with Gasteiger partial charge < -0.3 is 65.6 Å². The van der Waals surface area contributed by atoms with Gasteiger partial charge in [0.05, 0.1) is 35.5 Å². The van der Waals surface area contributed by atoms with E-state index in [0.29, 0.717) is 68.2 Å². The van der Waals surface area contributed by atoms with Gasteiger partial charge in [0.2, 0.25) is 11.8 Å². The summed E-state index contributed by atoms with van der Waals surface area (Å²) >= 11 is 0. The maximum Gasteiger partial charge on any atom is 0.527 e.